The minimum absolute atomic E-state index is 0.422. The third kappa shape index (κ3) is 2.99. The molecule has 94 valence electrons. The van der Waals surface area contributed by atoms with Crippen molar-refractivity contribution < 1.29 is 9.47 Å². The van der Waals surface area contributed by atoms with E-state index in [2.05, 4.69) is 4.98 Å². The number of nitrogens with zero attached hydrogens (tertiary/aromatic N) is 1. The van der Waals surface area contributed by atoms with Crippen LogP contribution in [0.25, 0.3) is 0 Å². The number of pyridine rings is 1. The lowest BCUT2D eigenvalue weighted by atomic mass is 10.2. The fourth-order valence-corrected chi connectivity index (χ4v) is 1.64. The second kappa shape index (κ2) is 6.02. The number of aromatic nitrogens is 1. The molecule has 1 aromatic heterocycles. The van der Waals surface area contributed by atoms with Crippen molar-refractivity contribution in [3.8, 4) is 11.6 Å². The van der Waals surface area contributed by atoms with E-state index in [1.54, 1.807) is 13.3 Å². The summed E-state index contributed by atoms with van der Waals surface area (Å²) in [4.78, 5) is 4.12. The lowest BCUT2D eigenvalue weighted by Gasteiger charge is -2.09. The molecule has 4 nitrogen and oxygen atoms in total. The zero-order chi connectivity index (χ0) is 12.8. The topological polar surface area (TPSA) is 57.4 Å². The molecule has 0 saturated carbocycles. The van der Waals surface area contributed by atoms with Crippen LogP contribution in [0.15, 0.2) is 42.6 Å². The third-order valence-electron chi connectivity index (χ3n) is 2.57. The normalized spacial score (nSPS) is 10.1. The zero-order valence-electron chi connectivity index (χ0n) is 10.3. The average molecular weight is 244 g/mol. The molecule has 2 rings (SSSR count). The van der Waals surface area contributed by atoms with Gasteiger partial charge in [-0.05, 0) is 29.8 Å². The van der Waals surface area contributed by atoms with Crippen LogP contribution in [0, 0.1) is 0 Å². The first kappa shape index (κ1) is 12.4. The highest BCUT2D eigenvalue weighted by molar-refractivity contribution is 5.30. The Hall–Kier alpha value is -2.07. The van der Waals surface area contributed by atoms with Crippen molar-refractivity contribution in [1.82, 2.24) is 4.98 Å². The van der Waals surface area contributed by atoms with Gasteiger partial charge in [0.15, 0.2) is 0 Å². The summed E-state index contributed by atoms with van der Waals surface area (Å²) in [7, 11) is 1.60. The van der Waals surface area contributed by atoms with Crippen molar-refractivity contribution in [3.63, 3.8) is 0 Å². The van der Waals surface area contributed by atoms with E-state index in [-0.39, 0.29) is 0 Å². The van der Waals surface area contributed by atoms with Crippen LogP contribution in [0.5, 0.6) is 11.6 Å². The highest BCUT2D eigenvalue weighted by Gasteiger charge is 2.04. The van der Waals surface area contributed by atoms with Gasteiger partial charge in [-0.1, -0.05) is 12.1 Å². The van der Waals surface area contributed by atoms with Crippen molar-refractivity contribution in [2.75, 3.05) is 7.11 Å². The minimum atomic E-state index is 0.422. The lowest BCUT2D eigenvalue weighted by Crippen LogP contribution is -2.01. The largest absolute Gasteiger partial charge is 0.489 e. The van der Waals surface area contributed by atoms with Crippen LogP contribution in [0.3, 0.4) is 0 Å². The Kier molecular flexibility index (Phi) is 4.15. The molecule has 0 aliphatic heterocycles. The molecule has 0 fully saturated rings. The Morgan fingerprint density at radius 2 is 2.11 bits per heavy atom. The van der Waals surface area contributed by atoms with Gasteiger partial charge in [0.25, 0.3) is 0 Å². The van der Waals surface area contributed by atoms with E-state index in [4.69, 9.17) is 15.2 Å². The van der Waals surface area contributed by atoms with Crippen LogP contribution in [0.1, 0.15) is 11.1 Å². The van der Waals surface area contributed by atoms with E-state index < -0.39 is 0 Å². The van der Waals surface area contributed by atoms with E-state index in [0.29, 0.717) is 19.0 Å². The number of hydrogen-bond acceptors (Lipinski definition) is 4. The van der Waals surface area contributed by atoms with E-state index in [1.807, 2.05) is 36.4 Å². The van der Waals surface area contributed by atoms with E-state index in [0.717, 1.165) is 16.9 Å². The molecular formula is C14H16N2O2. The summed E-state index contributed by atoms with van der Waals surface area (Å²) in [6, 6.07) is 11.5. The number of methoxy groups -OCH3 is 1. The molecule has 0 spiro atoms. The van der Waals surface area contributed by atoms with Gasteiger partial charge in [-0.25, -0.2) is 4.98 Å². The smallest absolute Gasteiger partial charge is 0.219 e. The van der Waals surface area contributed by atoms with Crippen LogP contribution in [0.4, 0.5) is 0 Å². The Labute approximate surface area is 106 Å². The molecule has 0 aliphatic carbocycles. The van der Waals surface area contributed by atoms with Gasteiger partial charge >= 0.3 is 0 Å². The summed E-state index contributed by atoms with van der Waals surface area (Å²) in [5.74, 6) is 1.39. The summed E-state index contributed by atoms with van der Waals surface area (Å²) >= 11 is 0. The molecule has 0 amide bonds. The Balaban J connectivity index is 2.06. The summed E-state index contributed by atoms with van der Waals surface area (Å²) in [5, 5.41) is 0. The second-order valence-corrected chi connectivity index (χ2v) is 3.81. The predicted octanol–water partition coefficient (Wildman–Crippen LogP) is 2.13. The third-order valence-corrected chi connectivity index (χ3v) is 2.57. The van der Waals surface area contributed by atoms with Gasteiger partial charge in [0.1, 0.15) is 12.4 Å². The van der Waals surface area contributed by atoms with Crippen molar-refractivity contribution in [3.05, 3.63) is 53.7 Å². The maximum absolute atomic E-state index is 5.70. The Morgan fingerprint density at radius 1 is 1.22 bits per heavy atom. The summed E-state index contributed by atoms with van der Waals surface area (Å²) < 4.78 is 10.9. The number of rotatable bonds is 5. The predicted molar refractivity (Wildman–Crippen MR) is 69.5 cm³/mol. The summed E-state index contributed by atoms with van der Waals surface area (Å²) in [6.07, 6.45) is 1.69. The van der Waals surface area contributed by atoms with Gasteiger partial charge in [-0.15, -0.1) is 0 Å². The quantitative estimate of drug-likeness (QED) is 0.875. The van der Waals surface area contributed by atoms with Gasteiger partial charge in [-0.3, -0.25) is 0 Å². The molecule has 2 aromatic rings. The van der Waals surface area contributed by atoms with Crippen LogP contribution in [-0.2, 0) is 13.2 Å². The summed E-state index contributed by atoms with van der Waals surface area (Å²) in [5.41, 5.74) is 7.55. The SMILES string of the molecule is COc1ncccc1COc1cccc(CN)c1. The second-order valence-electron chi connectivity index (χ2n) is 3.81. The highest BCUT2D eigenvalue weighted by atomic mass is 16.5. The monoisotopic (exact) mass is 244 g/mol. The molecular weight excluding hydrogens is 228 g/mol. The maximum atomic E-state index is 5.70. The van der Waals surface area contributed by atoms with Crippen LogP contribution in [0.2, 0.25) is 0 Å². The van der Waals surface area contributed by atoms with Gasteiger partial charge in [0.05, 0.1) is 12.7 Å². The molecule has 0 unspecified atom stereocenters. The highest BCUT2D eigenvalue weighted by Crippen LogP contribution is 2.18. The van der Waals surface area contributed by atoms with E-state index in [1.165, 1.54) is 0 Å². The van der Waals surface area contributed by atoms with Crippen molar-refractivity contribution in [2.45, 2.75) is 13.2 Å². The first-order valence-electron chi connectivity index (χ1n) is 5.73. The van der Waals surface area contributed by atoms with Crippen molar-refractivity contribution in [1.29, 1.82) is 0 Å². The molecule has 4 heteroatoms. The Morgan fingerprint density at radius 3 is 2.89 bits per heavy atom. The molecule has 0 saturated heterocycles. The van der Waals surface area contributed by atoms with Crippen molar-refractivity contribution in [2.24, 2.45) is 5.73 Å². The maximum Gasteiger partial charge on any atom is 0.219 e. The molecule has 0 bridgehead atoms. The molecule has 1 aromatic carbocycles. The Bertz CT molecular complexity index is 515. The van der Waals surface area contributed by atoms with Gasteiger partial charge in [0, 0.05) is 12.7 Å². The van der Waals surface area contributed by atoms with Crippen LogP contribution >= 0.6 is 0 Å². The number of ether oxygens (including phenoxy) is 2. The van der Waals surface area contributed by atoms with E-state index >= 15 is 0 Å². The minimum Gasteiger partial charge on any atom is -0.489 e. The molecule has 0 radical (unpaired) electrons. The van der Waals surface area contributed by atoms with Gasteiger partial charge in [0.2, 0.25) is 5.88 Å². The lowest BCUT2D eigenvalue weighted by molar-refractivity contribution is 0.293. The molecule has 18 heavy (non-hydrogen) atoms. The van der Waals surface area contributed by atoms with Crippen LogP contribution in [-0.4, -0.2) is 12.1 Å². The summed E-state index contributed by atoms with van der Waals surface area (Å²) in [6.45, 7) is 0.929. The standard InChI is InChI=1S/C14H16N2O2/c1-17-14-12(5-3-7-16-14)10-18-13-6-2-4-11(8-13)9-15/h2-8H,9-10,15H2,1H3. The molecule has 2 N–H and O–H groups in total. The number of nitrogens with two attached hydrogens (primary N) is 1. The average Bonchev–Trinajstić information content (AvgIpc) is 2.45. The number of hydrogen-bond donors (Lipinski definition) is 1. The van der Waals surface area contributed by atoms with E-state index in [9.17, 15) is 0 Å². The fourth-order valence-electron chi connectivity index (χ4n) is 1.64. The zero-order valence-corrected chi connectivity index (χ0v) is 10.3. The molecule has 0 aliphatic rings. The molecule has 0 atom stereocenters. The number of benzene rings is 1. The fraction of sp³-hybridized carbons (Fsp3) is 0.214. The van der Waals surface area contributed by atoms with Gasteiger partial charge < -0.3 is 15.2 Å². The van der Waals surface area contributed by atoms with Crippen molar-refractivity contribution >= 4 is 0 Å². The first-order valence-corrected chi connectivity index (χ1v) is 5.73. The van der Waals surface area contributed by atoms with Gasteiger partial charge in [-0.2, -0.15) is 0 Å². The molecule has 1 heterocycles. The first-order chi connectivity index (χ1) is 8.83. The van der Waals surface area contributed by atoms with Crippen LogP contribution < -0.4 is 15.2 Å².